The lowest BCUT2D eigenvalue weighted by atomic mass is 9.96. The fraction of sp³-hybridized carbons (Fsp3) is 0.458. The molecule has 196 valence electrons. The number of rotatable bonds is 12. The molecule has 36 heavy (non-hydrogen) atoms. The van der Waals surface area contributed by atoms with Gasteiger partial charge in [-0.3, -0.25) is 24.1 Å². The quantitative estimate of drug-likeness (QED) is 0.246. The van der Waals surface area contributed by atoms with Gasteiger partial charge < -0.3 is 9.47 Å². The molecule has 0 unspecified atom stereocenters. The van der Waals surface area contributed by atoms with Crippen LogP contribution in [0.15, 0.2) is 41.3 Å². The van der Waals surface area contributed by atoms with E-state index in [1.807, 2.05) is 4.72 Å². The maximum Gasteiger partial charge on any atom is 0.338 e. The highest BCUT2D eigenvalue weighted by atomic mass is 32.2. The average molecular weight is 523 g/mol. The van der Waals surface area contributed by atoms with Crippen LogP contribution in [0.4, 0.5) is 0 Å². The molecule has 0 atom stereocenters. The van der Waals surface area contributed by atoms with Gasteiger partial charge in [-0.25, -0.2) is 17.9 Å². The summed E-state index contributed by atoms with van der Waals surface area (Å²) in [4.78, 5) is 59.8. The molecule has 0 saturated heterocycles. The van der Waals surface area contributed by atoms with E-state index < -0.39 is 33.3 Å². The summed E-state index contributed by atoms with van der Waals surface area (Å²) in [6, 6.07) is 5.04. The van der Waals surface area contributed by atoms with Gasteiger partial charge in [0.1, 0.15) is 13.2 Å². The smallest absolute Gasteiger partial charge is 0.338 e. The van der Waals surface area contributed by atoms with Gasteiger partial charge in [0.05, 0.1) is 10.5 Å². The second-order valence-corrected chi connectivity index (χ2v) is 10.7. The standard InChI is InChI=1S/C24H30N2O9S/c1-24(2,3)23(31)25-36(32,33)18-9-7-8-17(16-18)22(30)35-15-14-34-21(29)10-5-4-6-13-26-19(27)11-12-20(26)28/h7-9,11-12,16H,4-6,10,13-15H2,1-3H3,(H,25,31). The van der Waals surface area contributed by atoms with Crippen molar-refractivity contribution < 1.29 is 41.9 Å². The molecule has 0 spiro atoms. The molecule has 1 heterocycles. The Morgan fingerprint density at radius 2 is 1.58 bits per heavy atom. The first-order valence-corrected chi connectivity index (χ1v) is 12.8. The van der Waals surface area contributed by atoms with Crippen LogP contribution >= 0.6 is 0 Å². The van der Waals surface area contributed by atoms with Crippen LogP contribution in [0.2, 0.25) is 0 Å². The fourth-order valence-corrected chi connectivity index (χ4v) is 4.15. The monoisotopic (exact) mass is 522 g/mol. The highest BCUT2D eigenvalue weighted by Crippen LogP contribution is 2.17. The van der Waals surface area contributed by atoms with Gasteiger partial charge in [-0.2, -0.15) is 0 Å². The van der Waals surface area contributed by atoms with Gasteiger partial charge in [-0.1, -0.05) is 33.3 Å². The van der Waals surface area contributed by atoms with Crippen molar-refractivity contribution >= 4 is 39.7 Å². The largest absolute Gasteiger partial charge is 0.462 e. The Kier molecular flexibility index (Phi) is 9.91. The minimum Gasteiger partial charge on any atom is -0.462 e. The van der Waals surface area contributed by atoms with E-state index in [4.69, 9.17) is 9.47 Å². The number of carbonyl (C=O) groups is 5. The highest BCUT2D eigenvalue weighted by molar-refractivity contribution is 7.90. The molecular formula is C24H30N2O9S. The number of nitrogens with zero attached hydrogens (tertiary/aromatic N) is 1. The summed E-state index contributed by atoms with van der Waals surface area (Å²) < 4.78 is 36.9. The summed E-state index contributed by atoms with van der Waals surface area (Å²) in [5.74, 6) is -2.66. The minimum absolute atomic E-state index is 0.0439. The molecule has 11 nitrogen and oxygen atoms in total. The van der Waals surface area contributed by atoms with Crippen LogP contribution < -0.4 is 4.72 Å². The van der Waals surface area contributed by atoms with Crippen molar-refractivity contribution in [3.8, 4) is 0 Å². The van der Waals surface area contributed by atoms with Crippen LogP contribution in [-0.4, -0.2) is 62.7 Å². The molecule has 0 aliphatic carbocycles. The molecule has 2 rings (SSSR count). The normalized spacial score (nSPS) is 13.6. The van der Waals surface area contributed by atoms with Crippen molar-refractivity contribution in [1.29, 1.82) is 0 Å². The highest BCUT2D eigenvalue weighted by Gasteiger charge is 2.27. The van der Waals surface area contributed by atoms with Gasteiger partial charge in [0, 0.05) is 30.5 Å². The van der Waals surface area contributed by atoms with E-state index in [2.05, 4.69) is 0 Å². The fourth-order valence-electron chi connectivity index (χ4n) is 2.94. The van der Waals surface area contributed by atoms with Crippen LogP contribution in [0.3, 0.4) is 0 Å². The Morgan fingerprint density at radius 1 is 0.944 bits per heavy atom. The Balaban J connectivity index is 1.69. The maximum atomic E-state index is 12.4. The van der Waals surface area contributed by atoms with E-state index in [1.54, 1.807) is 20.8 Å². The lowest BCUT2D eigenvalue weighted by Crippen LogP contribution is -2.38. The topological polar surface area (TPSA) is 153 Å². The molecule has 0 bridgehead atoms. The van der Waals surface area contributed by atoms with Gasteiger partial charge in [0.15, 0.2) is 0 Å². The predicted molar refractivity (Wildman–Crippen MR) is 127 cm³/mol. The number of esters is 2. The van der Waals surface area contributed by atoms with Gasteiger partial charge >= 0.3 is 11.9 Å². The number of unbranched alkanes of at least 4 members (excludes halogenated alkanes) is 2. The van der Waals surface area contributed by atoms with Crippen LogP contribution in [0.1, 0.15) is 56.8 Å². The third-order valence-electron chi connectivity index (χ3n) is 5.03. The van der Waals surface area contributed by atoms with Crippen molar-refractivity contribution in [2.45, 2.75) is 51.3 Å². The predicted octanol–water partition coefficient (Wildman–Crippen LogP) is 1.72. The maximum absolute atomic E-state index is 12.4. The van der Waals surface area contributed by atoms with Crippen LogP contribution in [0.25, 0.3) is 0 Å². The number of ether oxygens (including phenoxy) is 2. The molecule has 0 radical (unpaired) electrons. The average Bonchev–Trinajstić information content (AvgIpc) is 3.12. The Morgan fingerprint density at radius 3 is 2.22 bits per heavy atom. The number of hydrogen-bond acceptors (Lipinski definition) is 9. The SMILES string of the molecule is CC(C)(C)C(=O)NS(=O)(=O)c1cccc(C(=O)OCCOC(=O)CCCCCN2C(=O)C=CC2=O)c1. The van der Waals surface area contributed by atoms with E-state index in [-0.39, 0.29) is 41.9 Å². The Labute approximate surface area is 209 Å². The summed E-state index contributed by atoms with van der Waals surface area (Å²) in [7, 11) is -4.17. The van der Waals surface area contributed by atoms with E-state index in [9.17, 15) is 32.4 Å². The molecule has 1 aromatic carbocycles. The molecule has 12 heteroatoms. The molecule has 0 aromatic heterocycles. The minimum atomic E-state index is -4.17. The number of amides is 3. The first-order valence-electron chi connectivity index (χ1n) is 11.3. The van der Waals surface area contributed by atoms with Gasteiger partial charge in [0.2, 0.25) is 5.91 Å². The van der Waals surface area contributed by atoms with Crippen LogP contribution in [0, 0.1) is 5.41 Å². The second kappa shape index (κ2) is 12.4. The Hall–Kier alpha value is -3.54. The van der Waals surface area contributed by atoms with E-state index in [0.717, 1.165) is 11.0 Å². The first kappa shape index (κ1) is 28.7. The van der Waals surface area contributed by atoms with Gasteiger partial charge in [0.25, 0.3) is 21.8 Å². The lowest BCUT2D eigenvalue weighted by Gasteiger charge is -2.17. The molecule has 1 N–H and O–H groups in total. The zero-order valence-electron chi connectivity index (χ0n) is 20.4. The number of carbonyl (C=O) groups excluding carboxylic acids is 5. The number of benzene rings is 1. The van der Waals surface area contributed by atoms with Gasteiger partial charge in [-0.05, 0) is 31.0 Å². The molecular weight excluding hydrogens is 492 g/mol. The molecule has 1 aliphatic heterocycles. The summed E-state index contributed by atoms with van der Waals surface area (Å²) in [5, 5.41) is 0. The third-order valence-corrected chi connectivity index (χ3v) is 6.36. The zero-order valence-corrected chi connectivity index (χ0v) is 21.3. The van der Waals surface area contributed by atoms with Crippen LogP contribution in [0.5, 0.6) is 0 Å². The number of imide groups is 1. The van der Waals surface area contributed by atoms with Crippen molar-refractivity contribution in [2.75, 3.05) is 19.8 Å². The molecule has 0 saturated carbocycles. The summed E-state index contributed by atoms with van der Waals surface area (Å²) in [6.07, 6.45) is 4.27. The van der Waals surface area contributed by atoms with E-state index in [1.165, 1.54) is 30.4 Å². The van der Waals surface area contributed by atoms with Crippen molar-refractivity contribution in [3.63, 3.8) is 0 Å². The third kappa shape index (κ3) is 8.59. The number of nitrogens with one attached hydrogen (secondary N) is 1. The summed E-state index contributed by atoms with van der Waals surface area (Å²) in [6.45, 7) is 4.59. The van der Waals surface area contributed by atoms with Crippen LogP contribution in [-0.2, 0) is 38.7 Å². The van der Waals surface area contributed by atoms with Crippen molar-refractivity contribution in [2.24, 2.45) is 5.41 Å². The molecule has 1 aromatic rings. The van der Waals surface area contributed by atoms with Gasteiger partial charge in [-0.15, -0.1) is 0 Å². The first-order chi connectivity index (χ1) is 16.8. The van der Waals surface area contributed by atoms with Crippen molar-refractivity contribution in [3.05, 3.63) is 42.0 Å². The molecule has 1 aliphatic rings. The number of hydrogen-bond donors (Lipinski definition) is 1. The van der Waals surface area contributed by atoms with Crippen molar-refractivity contribution in [1.82, 2.24) is 9.62 Å². The molecule has 0 fully saturated rings. The lowest BCUT2D eigenvalue weighted by molar-refractivity contribution is -0.145. The molecule has 3 amide bonds. The van der Waals surface area contributed by atoms with E-state index in [0.29, 0.717) is 25.8 Å². The Bertz CT molecular complexity index is 1130. The second-order valence-electron chi connectivity index (χ2n) is 9.04. The number of sulfonamides is 1. The summed E-state index contributed by atoms with van der Waals surface area (Å²) >= 11 is 0. The van der Waals surface area contributed by atoms with E-state index >= 15 is 0 Å². The summed E-state index contributed by atoms with van der Waals surface area (Å²) in [5.41, 5.74) is -0.967. The zero-order chi connectivity index (χ0) is 26.9.